The molecule has 1 spiro atoms. The first kappa shape index (κ1) is 17.5. The van der Waals surface area contributed by atoms with Crippen LogP contribution in [0, 0.1) is 12.3 Å². The summed E-state index contributed by atoms with van der Waals surface area (Å²) < 4.78 is 58.6. The standard InChI is InChI=1S/C16H18F2N4O3S/c1-10-4-2-3-5-11(10)13-20-21-14(25-13)12-15(16(12,17)18)6-8-22(9-7-15)26(19,23)24/h2-5,12H,6-9H2,1H3,(H2,19,23,24)/t12-/m0/s1. The van der Waals surface area contributed by atoms with Crippen molar-refractivity contribution >= 4 is 10.2 Å². The van der Waals surface area contributed by atoms with Crippen LogP contribution in [0.5, 0.6) is 0 Å². The predicted molar refractivity (Wildman–Crippen MR) is 88.5 cm³/mol. The Morgan fingerprint density at radius 2 is 1.88 bits per heavy atom. The number of halogens is 2. The van der Waals surface area contributed by atoms with E-state index in [-0.39, 0.29) is 37.7 Å². The number of benzene rings is 1. The van der Waals surface area contributed by atoms with E-state index in [1.54, 1.807) is 6.07 Å². The molecule has 1 aromatic carbocycles. The smallest absolute Gasteiger partial charge is 0.276 e. The van der Waals surface area contributed by atoms with E-state index in [4.69, 9.17) is 9.56 Å². The molecule has 1 aliphatic heterocycles. The molecule has 7 nitrogen and oxygen atoms in total. The molecular formula is C16H18F2N4O3S. The molecule has 0 bridgehead atoms. The first-order valence-electron chi connectivity index (χ1n) is 8.22. The SMILES string of the molecule is Cc1ccccc1-c1nnc([C@@H]2C(F)(F)C23CCN(S(N)(=O)=O)CC3)o1. The minimum Gasteiger partial charge on any atom is -0.420 e. The molecule has 1 atom stereocenters. The highest BCUT2D eigenvalue weighted by atomic mass is 32.2. The van der Waals surface area contributed by atoms with Crippen molar-refractivity contribution in [3.63, 3.8) is 0 Å². The topological polar surface area (TPSA) is 102 Å². The van der Waals surface area contributed by atoms with Gasteiger partial charge in [0, 0.05) is 18.7 Å². The van der Waals surface area contributed by atoms with Crippen molar-refractivity contribution in [1.29, 1.82) is 0 Å². The Bertz CT molecular complexity index is 952. The van der Waals surface area contributed by atoms with E-state index < -0.39 is 27.5 Å². The maximum Gasteiger partial charge on any atom is 0.276 e. The second-order valence-electron chi connectivity index (χ2n) is 6.92. The molecule has 4 rings (SSSR count). The molecule has 26 heavy (non-hydrogen) atoms. The summed E-state index contributed by atoms with van der Waals surface area (Å²) in [6.07, 6.45) is 0.00630. The number of alkyl halides is 2. The fourth-order valence-electron chi connectivity index (χ4n) is 3.94. The van der Waals surface area contributed by atoms with Gasteiger partial charge in [0.15, 0.2) is 0 Å². The fraction of sp³-hybridized carbons (Fsp3) is 0.500. The molecule has 2 fully saturated rings. The zero-order valence-corrected chi connectivity index (χ0v) is 14.8. The summed E-state index contributed by atoms with van der Waals surface area (Å²) in [5.74, 6) is -4.09. The highest BCUT2D eigenvalue weighted by molar-refractivity contribution is 7.86. The summed E-state index contributed by atoms with van der Waals surface area (Å²) in [7, 11) is -3.87. The van der Waals surface area contributed by atoms with Gasteiger partial charge < -0.3 is 4.42 Å². The normalized spacial score (nSPS) is 24.7. The number of hydrogen-bond donors (Lipinski definition) is 1. The Balaban J connectivity index is 1.59. The molecule has 2 aromatic rings. The van der Waals surface area contributed by atoms with Gasteiger partial charge in [0.25, 0.3) is 16.1 Å². The summed E-state index contributed by atoms with van der Waals surface area (Å²) in [5.41, 5.74) is 0.263. The van der Waals surface area contributed by atoms with Gasteiger partial charge in [0.1, 0.15) is 5.92 Å². The molecule has 1 saturated carbocycles. The Kier molecular flexibility index (Phi) is 3.73. The van der Waals surface area contributed by atoms with Crippen molar-refractivity contribution in [3.8, 4) is 11.5 Å². The van der Waals surface area contributed by atoms with E-state index in [2.05, 4.69) is 10.2 Å². The highest BCUT2D eigenvalue weighted by Gasteiger charge is 2.82. The second-order valence-corrected chi connectivity index (χ2v) is 8.46. The van der Waals surface area contributed by atoms with Crippen LogP contribution in [-0.2, 0) is 10.2 Å². The van der Waals surface area contributed by atoms with Crippen LogP contribution in [-0.4, -0.2) is 41.9 Å². The summed E-state index contributed by atoms with van der Waals surface area (Å²) in [5, 5.41) is 12.9. The van der Waals surface area contributed by atoms with Crippen molar-refractivity contribution in [2.45, 2.75) is 31.6 Å². The van der Waals surface area contributed by atoms with E-state index in [9.17, 15) is 17.2 Å². The summed E-state index contributed by atoms with van der Waals surface area (Å²) >= 11 is 0. The molecule has 1 aliphatic carbocycles. The molecule has 1 aromatic heterocycles. The first-order chi connectivity index (χ1) is 12.2. The van der Waals surface area contributed by atoms with E-state index in [1.165, 1.54) is 0 Å². The Morgan fingerprint density at radius 1 is 1.23 bits per heavy atom. The second kappa shape index (κ2) is 5.54. The highest BCUT2D eigenvalue weighted by Crippen LogP contribution is 2.75. The Hall–Kier alpha value is -1.91. The lowest BCUT2D eigenvalue weighted by Gasteiger charge is -2.30. The van der Waals surface area contributed by atoms with Crippen LogP contribution in [0.25, 0.3) is 11.5 Å². The average molecular weight is 384 g/mol. The molecule has 2 aliphatic rings. The lowest BCUT2D eigenvalue weighted by molar-refractivity contribution is 0.0407. The third kappa shape index (κ3) is 2.47. The van der Waals surface area contributed by atoms with Crippen molar-refractivity contribution in [3.05, 3.63) is 35.7 Å². The molecule has 0 radical (unpaired) electrons. The van der Waals surface area contributed by atoms with Crippen molar-refractivity contribution in [2.75, 3.05) is 13.1 Å². The van der Waals surface area contributed by atoms with Gasteiger partial charge in [-0.3, -0.25) is 0 Å². The number of aromatic nitrogens is 2. The van der Waals surface area contributed by atoms with Gasteiger partial charge in [0.2, 0.25) is 11.8 Å². The Labute approximate surface area is 149 Å². The molecule has 10 heteroatoms. The van der Waals surface area contributed by atoms with Crippen molar-refractivity contribution in [1.82, 2.24) is 14.5 Å². The molecular weight excluding hydrogens is 366 g/mol. The van der Waals surface area contributed by atoms with Gasteiger partial charge in [-0.25, -0.2) is 13.9 Å². The molecule has 0 unspecified atom stereocenters. The van der Waals surface area contributed by atoms with Crippen LogP contribution in [0.15, 0.2) is 28.7 Å². The van der Waals surface area contributed by atoms with Crippen LogP contribution in [0.1, 0.15) is 30.2 Å². The van der Waals surface area contributed by atoms with Gasteiger partial charge in [-0.1, -0.05) is 18.2 Å². The van der Waals surface area contributed by atoms with Gasteiger partial charge in [0.05, 0.1) is 5.41 Å². The molecule has 0 amide bonds. The number of nitrogens with two attached hydrogens (primary N) is 1. The number of hydrogen-bond acceptors (Lipinski definition) is 5. The Morgan fingerprint density at radius 3 is 2.50 bits per heavy atom. The first-order valence-corrected chi connectivity index (χ1v) is 9.72. The minimum atomic E-state index is -3.87. The third-order valence-corrected chi connectivity index (χ3v) is 6.62. The number of piperidine rings is 1. The van der Waals surface area contributed by atoms with Crippen molar-refractivity contribution < 1.29 is 21.6 Å². The van der Waals surface area contributed by atoms with E-state index >= 15 is 0 Å². The number of rotatable bonds is 3. The molecule has 2 heterocycles. The quantitative estimate of drug-likeness (QED) is 0.873. The lowest BCUT2D eigenvalue weighted by Crippen LogP contribution is -2.43. The van der Waals surface area contributed by atoms with Crippen LogP contribution in [0.2, 0.25) is 0 Å². The van der Waals surface area contributed by atoms with Crippen molar-refractivity contribution in [2.24, 2.45) is 10.6 Å². The minimum absolute atomic E-state index is 0.00315. The maximum absolute atomic E-state index is 14.6. The van der Waals surface area contributed by atoms with Crippen LogP contribution >= 0.6 is 0 Å². The summed E-state index contributed by atoms with van der Waals surface area (Å²) in [6.45, 7) is 1.79. The van der Waals surface area contributed by atoms with E-state index in [0.717, 1.165) is 9.87 Å². The van der Waals surface area contributed by atoms with Gasteiger partial charge in [-0.2, -0.15) is 12.7 Å². The zero-order chi connectivity index (χ0) is 18.7. The fourth-order valence-corrected chi connectivity index (χ4v) is 4.63. The number of nitrogens with zero attached hydrogens (tertiary/aromatic N) is 3. The average Bonchev–Trinajstić information content (AvgIpc) is 2.89. The molecule has 2 N–H and O–H groups in total. The third-order valence-electron chi connectivity index (χ3n) is 5.53. The van der Waals surface area contributed by atoms with Crippen LogP contribution < -0.4 is 5.14 Å². The maximum atomic E-state index is 14.6. The van der Waals surface area contributed by atoms with Gasteiger partial charge >= 0.3 is 0 Å². The lowest BCUT2D eigenvalue weighted by atomic mass is 9.91. The summed E-state index contributed by atoms with van der Waals surface area (Å²) in [6, 6.07) is 7.33. The van der Waals surface area contributed by atoms with E-state index in [0.29, 0.717) is 5.56 Å². The van der Waals surface area contributed by atoms with E-state index in [1.807, 2.05) is 25.1 Å². The van der Waals surface area contributed by atoms with Gasteiger partial charge in [-0.05, 0) is 31.4 Å². The van der Waals surface area contributed by atoms with Gasteiger partial charge in [-0.15, -0.1) is 10.2 Å². The van der Waals surface area contributed by atoms with Crippen LogP contribution in [0.4, 0.5) is 8.78 Å². The largest absolute Gasteiger partial charge is 0.420 e. The summed E-state index contributed by atoms with van der Waals surface area (Å²) in [4.78, 5) is 0. The monoisotopic (exact) mass is 384 g/mol. The molecule has 1 saturated heterocycles. The van der Waals surface area contributed by atoms with Crippen LogP contribution in [0.3, 0.4) is 0 Å². The molecule has 140 valence electrons. The number of aryl methyl sites for hydroxylation is 1. The zero-order valence-electron chi connectivity index (χ0n) is 14.0. The predicted octanol–water partition coefficient (Wildman–Crippen LogP) is 2.06.